The molecule has 114 valence electrons. The Hall–Kier alpha value is -1.84. The molecule has 1 aliphatic heterocycles. The third-order valence-electron chi connectivity index (χ3n) is 3.91. The van der Waals surface area contributed by atoms with Gasteiger partial charge in [0.2, 0.25) is 5.91 Å². The maximum atomic E-state index is 12.5. The van der Waals surface area contributed by atoms with Gasteiger partial charge in [0.15, 0.2) is 0 Å². The van der Waals surface area contributed by atoms with E-state index in [1.165, 1.54) is 4.90 Å². The number of nitrogens with zero attached hydrogens (tertiary/aromatic N) is 1. The van der Waals surface area contributed by atoms with E-state index in [-0.39, 0.29) is 17.9 Å². The molecule has 1 aromatic rings. The molecule has 0 unspecified atom stereocenters. The summed E-state index contributed by atoms with van der Waals surface area (Å²) >= 11 is 0. The first-order chi connectivity index (χ1) is 9.83. The maximum Gasteiger partial charge on any atom is 0.417 e. The minimum Gasteiger partial charge on any atom is -0.441 e. The molecule has 0 saturated carbocycles. The number of carbonyl (C=O) groups excluding carboxylic acids is 2. The molecule has 0 spiro atoms. The van der Waals surface area contributed by atoms with Crippen molar-refractivity contribution in [3.63, 3.8) is 0 Å². The molecule has 1 aromatic carbocycles. The fourth-order valence-corrected chi connectivity index (χ4v) is 3.13. The van der Waals surface area contributed by atoms with Crippen LogP contribution >= 0.6 is 0 Å². The molecule has 21 heavy (non-hydrogen) atoms. The summed E-state index contributed by atoms with van der Waals surface area (Å²) < 4.78 is 5.37. The minimum absolute atomic E-state index is 0.159. The first kappa shape index (κ1) is 15.5. The lowest BCUT2D eigenvalue weighted by atomic mass is 9.89. The lowest BCUT2D eigenvalue weighted by molar-refractivity contribution is -0.130. The molecule has 0 radical (unpaired) electrons. The van der Waals surface area contributed by atoms with E-state index in [1.54, 1.807) is 0 Å². The predicted molar refractivity (Wildman–Crippen MR) is 80.8 cm³/mol. The molecule has 4 heteroatoms. The van der Waals surface area contributed by atoms with E-state index in [0.29, 0.717) is 12.8 Å². The first-order valence-electron chi connectivity index (χ1n) is 7.42. The number of carbonyl (C=O) groups is 2. The van der Waals surface area contributed by atoms with Crippen molar-refractivity contribution >= 4 is 12.0 Å². The van der Waals surface area contributed by atoms with E-state index < -0.39 is 11.7 Å². The van der Waals surface area contributed by atoms with E-state index in [4.69, 9.17) is 4.74 Å². The fourth-order valence-electron chi connectivity index (χ4n) is 3.13. The van der Waals surface area contributed by atoms with Gasteiger partial charge in [-0.05, 0) is 31.7 Å². The Morgan fingerprint density at radius 2 is 1.90 bits per heavy atom. The molecule has 0 aliphatic carbocycles. The number of amides is 2. The quantitative estimate of drug-likeness (QED) is 0.853. The van der Waals surface area contributed by atoms with E-state index in [9.17, 15) is 9.59 Å². The van der Waals surface area contributed by atoms with Crippen LogP contribution in [0.15, 0.2) is 30.3 Å². The average molecular weight is 289 g/mol. The average Bonchev–Trinajstić information content (AvgIpc) is 2.66. The van der Waals surface area contributed by atoms with Gasteiger partial charge in [0.1, 0.15) is 5.60 Å². The topological polar surface area (TPSA) is 46.6 Å². The van der Waals surface area contributed by atoms with Crippen molar-refractivity contribution in [2.75, 3.05) is 0 Å². The van der Waals surface area contributed by atoms with Gasteiger partial charge in [0.25, 0.3) is 0 Å². The van der Waals surface area contributed by atoms with Gasteiger partial charge in [-0.3, -0.25) is 4.79 Å². The lowest BCUT2D eigenvalue weighted by Crippen LogP contribution is -2.48. The SMILES string of the molecule is CC(C)[C@@H]1N(C(=O)CCc2ccccc2)C(=O)OC1(C)C. The third kappa shape index (κ3) is 3.26. The van der Waals surface area contributed by atoms with Gasteiger partial charge in [-0.25, -0.2) is 9.69 Å². The maximum absolute atomic E-state index is 12.5. The fraction of sp³-hybridized carbons (Fsp3) is 0.529. The van der Waals surface area contributed by atoms with Crippen LogP contribution in [0.1, 0.15) is 39.7 Å². The highest BCUT2D eigenvalue weighted by molar-refractivity contribution is 5.94. The Kier molecular flexibility index (Phi) is 4.35. The van der Waals surface area contributed by atoms with Crippen molar-refractivity contribution in [1.82, 2.24) is 4.90 Å². The van der Waals surface area contributed by atoms with Gasteiger partial charge in [-0.1, -0.05) is 44.2 Å². The third-order valence-corrected chi connectivity index (χ3v) is 3.91. The number of aryl methyl sites for hydroxylation is 1. The van der Waals surface area contributed by atoms with Crippen LogP contribution in [0.4, 0.5) is 4.79 Å². The zero-order valence-electron chi connectivity index (χ0n) is 13.1. The second kappa shape index (κ2) is 5.88. The summed E-state index contributed by atoms with van der Waals surface area (Å²) in [4.78, 5) is 25.8. The molecule has 1 heterocycles. The predicted octanol–water partition coefficient (Wildman–Crippen LogP) is 3.40. The zero-order chi connectivity index (χ0) is 15.6. The number of imide groups is 1. The molecule has 0 aromatic heterocycles. The lowest BCUT2D eigenvalue weighted by Gasteiger charge is -2.30. The number of hydrogen-bond donors (Lipinski definition) is 0. The van der Waals surface area contributed by atoms with E-state index in [1.807, 2.05) is 58.0 Å². The number of cyclic esters (lactones) is 1. The van der Waals surface area contributed by atoms with Crippen molar-refractivity contribution < 1.29 is 14.3 Å². The molecule has 1 atom stereocenters. The van der Waals surface area contributed by atoms with Gasteiger partial charge in [-0.2, -0.15) is 0 Å². The van der Waals surface area contributed by atoms with Crippen LogP contribution in [0.3, 0.4) is 0 Å². The highest BCUT2D eigenvalue weighted by Gasteiger charge is 2.51. The first-order valence-corrected chi connectivity index (χ1v) is 7.42. The van der Waals surface area contributed by atoms with Crippen LogP contribution in [0, 0.1) is 5.92 Å². The van der Waals surface area contributed by atoms with Crippen molar-refractivity contribution in [1.29, 1.82) is 0 Å². The monoisotopic (exact) mass is 289 g/mol. The second-order valence-corrected chi connectivity index (χ2v) is 6.41. The van der Waals surface area contributed by atoms with Gasteiger partial charge in [-0.15, -0.1) is 0 Å². The standard InChI is InChI=1S/C17H23NO3/c1-12(2)15-17(3,4)21-16(20)18(15)14(19)11-10-13-8-6-5-7-9-13/h5-9,12,15H,10-11H2,1-4H3/t15-/m0/s1. The van der Waals surface area contributed by atoms with Crippen LogP contribution in [0.5, 0.6) is 0 Å². The van der Waals surface area contributed by atoms with E-state index in [0.717, 1.165) is 5.56 Å². The molecular weight excluding hydrogens is 266 g/mol. The second-order valence-electron chi connectivity index (χ2n) is 6.41. The summed E-state index contributed by atoms with van der Waals surface area (Å²) in [5.74, 6) is 0.000235. The number of hydrogen-bond acceptors (Lipinski definition) is 3. The number of ether oxygens (including phenoxy) is 1. The van der Waals surface area contributed by atoms with Crippen molar-refractivity contribution in [3.8, 4) is 0 Å². The van der Waals surface area contributed by atoms with Gasteiger partial charge >= 0.3 is 6.09 Å². The molecule has 0 N–H and O–H groups in total. The van der Waals surface area contributed by atoms with Gasteiger partial charge in [0.05, 0.1) is 6.04 Å². The molecular formula is C17H23NO3. The Bertz CT molecular complexity index is 522. The Labute approximate surface area is 126 Å². The van der Waals surface area contributed by atoms with E-state index in [2.05, 4.69) is 0 Å². The highest BCUT2D eigenvalue weighted by atomic mass is 16.6. The van der Waals surface area contributed by atoms with Crippen molar-refractivity contribution in [2.24, 2.45) is 5.92 Å². The summed E-state index contributed by atoms with van der Waals surface area (Å²) in [7, 11) is 0. The van der Waals surface area contributed by atoms with Crippen molar-refractivity contribution in [2.45, 2.75) is 52.2 Å². The Morgan fingerprint density at radius 3 is 2.48 bits per heavy atom. The van der Waals surface area contributed by atoms with Crippen LogP contribution in [0.25, 0.3) is 0 Å². The van der Waals surface area contributed by atoms with Crippen LogP contribution in [-0.4, -0.2) is 28.5 Å². The summed E-state index contributed by atoms with van der Waals surface area (Å²) in [6, 6.07) is 9.60. The smallest absolute Gasteiger partial charge is 0.417 e. The molecule has 2 rings (SSSR count). The van der Waals surface area contributed by atoms with Crippen LogP contribution < -0.4 is 0 Å². The molecule has 2 amide bonds. The van der Waals surface area contributed by atoms with Crippen molar-refractivity contribution in [3.05, 3.63) is 35.9 Å². The molecule has 1 aliphatic rings. The Morgan fingerprint density at radius 1 is 1.29 bits per heavy atom. The Balaban J connectivity index is 2.08. The summed E-state index contributed by atoms with van der Waals surface area (Å²) in [6.07, 6.45) is 0.435. The van der Waals surface area contributed by atoms with Crippen LogP contribution in [-0.2, 0) is 16.0 Å². The molecule has 1 fully saturated rings. The normalized spacial score (nSPS) is 20.7. The largest absolute Gasteiger partial charge is 0.441 e. The summed E-state index contributed by atoms with van der Waals surface area (Å²) in [6.45, 7) is 7.73. The van der Waals surface area contributed by atoms with Gasteiger partial charge < -0.3 is 4.74 Å². The van der Waals surface area contributed by atoms with E-state index >= 15 is 0 Å². The number of benzene rings is 1. The van der Waals surface area contributed by atoms with Crippen LogP contribution in [0.2, 0.25) is 0 Å². The highest BCUT2D eigenvalue weighted by Crippen LogP contribution is 2.34. The zero-order valence-corrected chi connectivity index (χ0v) is 13.1. The number of rotatable bonds is 4. The molecule has 1 saturated heterocycles. The molecule has 4 nitrogen and oxygen atoms in total. The summed E-state index contributed by atoms with van der Waals surface area (Å²) in [5.41, 5.74) is 0.465. The van der Waals surface area contributed by atoms with Gasteiger partial charge in [0, 0.05) is 6.42 Å². The molecule has 0 bridgehead atoms. The minimum atomic E-state index is -0.631. The summed E-state index contributed by atoms with van der Waals surface area (Å²) in [5, 5.41) is 0.